The highest BCUT2D eigenvalue weighted by Gasteiger charge is 2.35. The van der Waals surface area contributed by atoms with Crippen molar-refractivity contribution in [2.75, 3.05) is 13.1 Å². The Hall–Kier alpha value is -0.800. The Morgan fingerprint density at radius 2 is 2.15 bits per heavy atom. The molecule has 1 saturated heterocycles. The van der Waals surface area contributed by atoms with Gasteiger partial charge in [-0.1, -0.05) is 0 Å². The second kappa shape index (κ2) is 2.86. The van der Waals surface area contributed by atoms with E-state index >= 15 is 0 Å². The zero-order chi connectivity index (χ0) is 9.47. The summed E-state index contributed by atoms with van der Waals surface area (Å²) in [4.78, 5) is 3.18. The van der Waals surface area contributed by atoms with Crippen LogP contribution in [0.3, 0.4) is 0 Å². The van der Waals surface area contributed by atoms with Crippen LogP contribution in [0.5, 0.6) is 0 Å². The van der Waals surface area contributed by atoms with Gasteiger partial charge in [0.2, 0.25) is 0 Å². The Balaban J connectivity index is 2.17. The number of rotatable bonds is 2. The van der Waals surface area contributed by atoms with Gasteiger partial charge in [0.05, 0.1) is 5.60 Å². The molecule has 1 aliphatic rings. The Morgan fingerprint density at radius 1 is 1.46 bits per heavy atom. The summed E-state index contributed by atoms with van der Waals surface area (Å²) < 4.78 is 0. The molecule has 0 bridgehead atoms. The van der Waals surface area contributed by atoms with Crippen molar-refractivity contribution < 1.29 is 5.11 Å². The van der Waals surface area contributed by atoms with Crippen molar-refractivity contribution in [3.05, 3.63) is 23.0 Å². The zero-order valence-corrected chi connectivity index (χ0v) is 8.15. The van der Waals surface area contributed by atoms with Crippen LogP contribution in [0.2, 0.25) is 0 Å². The summed E-state index contributed by atoms with van der Waals surface area (Å²) in [5, 5.41) is 13.0. The van der Waals surface area contributed by atoms with Crippen LogP contribution < -0.4 is 5.32 Å². The van der Waals surface area contributed by atoms with Gasteiger partial charge in [-0.15, -0.1) is 0 Å². The minimum Gasteiger partial charge on any atom is -0.387 e. The molecule has 0 aliphatic carbocycles. The number of aliphatic hydroxyl groups is 1. The average Bonchev–Trinajstić information content (AvgIpc) is 2.33. The van der Waals surface area contributed by atoms with Gasteiger partial charge in [-0.05, 0) is 25.0 Å². The van der Waals surface area contributed by atoms with Gasteiger partial charge in [-0.2, -0.15) is 0 Å². The fourth-order valence-corrected chi connectivity index (χ4v) is 1.83. The number of hydrogen-bond donors (Lipinski definition) is 3. The number of aromatic amines is 1. The Kier molecular flexibility index (Phi) is 1.93. The second-order valence-corrected chi connectivity index (χ2v) is 4.08. The number of hydrogen-bond acceptors (Lipinski definition) is 2. The van der Waals surface area contributed by atoms with E-state index in [-0.39, 0.29) is 0 Å². The fraction of sp³-hybridized carbons (Fsp3) is 0.600. The first kappa shape index (κ1) is 8.78. The van der Waals surface area contributed by atoms with E-state index < -0.39 is 5.60 Å². The molecule has 13 heavy (non-hydrogen) atoms. The van der Waals surface area contributed by atoms with E-state index in [1.807, 2.05) is 6.20 Å². The first-order valence-corrected chi connectivity index (χ1v) is 4.67. The maximum absolute atomic E-state index is 9.95. The zero-order valence-electron chi connectivity index (χ0n) is 8.15. The van der Waals surface area contributed by atoms with Gasteiger partial charge in [0.25, 0.3) is 0 Å². The quantitative estimate of drug-likeness (QED) is 0.621. The maximum Gasteiger partial charge on any atom is 0.0935 e. The molecule has 0 atom stereocenters. The topological polar surface area (TPSA) is 48.0 Å². The minimum atomic E-state index is -0.502. The van der Waals surface area contributed by atoms with Crippen molar-refractivity contribution in [2.24, 2.45) is 0 Å². The summed E-state index contributed by atoms with van der Waals surface area (Å²) in [5.41, 5.74) is 3.19. The lowest BCUT2D eigenvalue weighted by Gasteiger charge is -2.37. The number of H-pyrrole nitrogens is 1. The predicted molar refractivity (Wildman–Crippen MR) is 51.8 cm³/mol. The van der Waals surface area contributed by atoms with Crippen molar-refractivity contribution in [2.45, 2.75) is 25.9 Å². The number of nitrogens with one attached hydrogen (secondary N) is 2. The molecule has 1 aromatic rings. The highest BCUT2D eigenvalue weighted by Crippen LogP contribution is 2.22. The molecular weight excluding hydrogens is 164 g/mol. The summed E-state index contributed by atoms with van der Waals surface area (Å²) in [7, 11) is 0. The third-order valence-corrected chi connectivity index (χ3v) is 2.85. The predicted octanol–water partition coefficient (Wildman–Crippen LogP) is 0.508. The molecule has 3 nitrogen and oxygen atoms in total. The van der Waals surface area contributed by atoms with Crippen LogP contribution >= 0.6 is 0 Å². The van der Waals surface area contributed by atoms with E-state index in [2.05, 4.69) is 24.1 Å². The third kappa shape index (κ3) is 1.49. The largest absolute Gasteiger partial charge is 0.387 e. The molecule has 1 aromatic heterocycles. The molecule has 0 saturated carbocycles. The lowest BCUT2D eigenvalue weighted by molar-refractivity contribution is -0.00923. The highest BCUT2D eigenvalue weighted by molar-refractivity contribution is 5.31. The van der Waals surface area contributed by atoms with Crippen molar-refractivity contribution in [1.82, 2.24) is 10.3 Å². The van der Waals surface area contributed by atoms with Crippen molar-refractivity contribution in [3.63, 3.8) is 0 Å². The van der Waals surface area contributed by atoms with E-state index in [9.17, 15) is 5.11 Å². The van der Waals surface area contributed by atoms with Crippen molar-refractivity contribution in [3.8, 4) is 0 Å². The monoisotopic (exact) mass is 180 g/mol. The lowest BCUT2D eigenvalue weighted by Crippen LogP contribution is -2.60. The van der Waals surface area contributed by atoms with E-state index in [1.54, 1.807) is 0 Å². The standard InChI is InChI=1S/C10H16N2O/c1-7-4-12-8(2)9(7)3-10(13)5-11-6-10/h4,11-13H,3,5-6H2,1-2H3. The molecule has 1 aliphatic heterocycles. The van der Waals surface area contributed by atoms with Crippen LogP contribution in [0.4, 0.5) is 0 Å². The maximum atomic E-state index is 9.95. The van der Waals surface area contributed by atoms with E-state index in [1.165, 1.54) is 16.8 Å². The molecule has 0 spiro atoms. The molecule has 0 unspecified atom stereocenters. The molecule has 72 valence electrons. The number of β-amino-alcohol motifs (C(OH)–C–C–N with tert-alkyl or cyclic N) is 1. The van der Waals surface area contributed by atoms with Crippen molar-refractivity contribution in [1.29, 1.82) is 0 Å². The summed E-state index contributed by atoms with van der Waals surface area (Å²) in [6.07, 6.45) is 2.77. The SMILES string of the molecule is Cc1c[nH]c(C)c1CC1(O)CNC1. The summed E-state index contributed by atoms with van der Waals surface area (Å²) in [5.74, 6) is 0. The first-order valence-electron chi connectivity index (χ1n) is 4.67. The number of aryl methyl sites for hydroxylation is 2. The molecular formula is C10H16N2O. The van der Waals surface area contributed by atoms with Gasteiger partial charge >= 0.3 is 0 Å². The number of aromatic nitrogens is 1. The Bertz CT molecular complexity index is 293. The highest BCUT2D eigenvalue weighted by atomic mass is 16.3. The summed E-state index contributed by atoms with van der Waals surface area (Å²) in [6, 6.07) is 0. The van der Waals surface area contributed by atoms with E-state index in [0.29, 0.717) is 0 Å². The van der Waals surface area contributed by atoms with Gasteiger partial charge in [0.1, 0.15) is 0 Å². The van der Waals surface area contributed by atoms with Crippen LogP contribution in [0.15, 0.2) is 6.20 Å². The second-order valence-electron chi connectivity index (χ2n) is 4.08. The molecule has 3 N–H and O–H groups in total. The minimum absolute atomic E-state index is 0.502. The normalized spacial score (nSPS) is 19.9. The van der Waals surface area contributed by atoms with Crippen LogP contribution in [0.25, 0.3) is 0 Å². The van der Waals surface area contributed by atoms with Crippen molar-refractivity contribution >= 4 is 0 Å². The van der Waals surface area contributed by atoms with Gasteiger partial charge < -0.3 is 15.4 Å². The average molecular weight is 180 g/mol. The molecule has 3 heteroatoms. The van der Waals surface area contributed by atoms with Gasteiger partial charge in [0, 0.05) is 31.4 Å². The smallest absolute Gasteiger partial charge is 0.0935 e. The molecule has 2 heterocycles. The van der Waals surface area contributed by atoms with Gasteiger partial charge in [-0.3, -0.25) is 0 Å². The van der Waals surface area contributed by atoms with Crippen LogP contribution in [0.1, 0.15) is 16.8 Å². The summed E-state index contributed by atoms with van der Waals surface area (Å²) >= 11 is 0. The van der Waals surface area contributed by atoms with Crippen LogP contribution in [-0.2, 0) is 6.42 Å². The molecule has 2 rings (SSSR count). The van der Waals surface area contributed by atoms with E-state index in [0.717, 1.165) is 19.5 Å². The fourth-order valence-electron chi connectivity index (χ4n) is 1.83. The molecule has 0 radical (unpaired) electrons. The molecule has 0 amide bonds. The lowest BCUT2D eigenvalue weighted by atomic mass is 9.88. The van der Waals surface area contributed by atoms with Crippen LogP contribution in [0, 0.1) is 13.8 Å². The molecule has 0 aromatic carbocycles. The Labute approximate surface area is 78.2 Å². The Morgan fingerprint density at radius 3 is 2.54 bits per heavy atom. The molecule has 1 fully saturated rings. The first-order chi connectivity index (χ1) is 6.11. The van der Waals surface area contributed by atoms with E-state index in [4.69, 9.17) is 0 Å². The third-order valence-electron chi connectivity index (χ3n) is 2.85. The van der Waals surface area contributed by atoms with Gasteiger partial charge in [-0.25, -0.2) is 0 Å². The summed E-state index contributed by atoms with van der Waals surface area (Å²) in [6.45, 7) is 5.57. The van der Waals surface area contributed by atoms with Crippen LogP contribution in [-0.4, -0.2) is 28.8 Å². The van der Waals surface area contributed by atoms with Gasteiger partial charge in [0.15, 0.2) is 0 Å².